The molecule has 0 radical (unpaired) electrons. The number of piperidine rings is 1. The highest BCUT2D eigenvalue weighted by molar-refractivity contribution is 6.31. The van der Waals surface area contributed by atoms with E-state index in [1.807, 2.05) is 23.1 Å². The minimum Gasteiger partial charge on any atom is -0.335 e. The van der Waals surface area contributed by atoms with Crippen molar-refractivity contribution in [3.63, 3.8) is 0 Å². The van der Waals surface area contributed by atoms with Gasteiger partial charge >= 0.3 is 6.03 Å². The molecule has 1 N–H and O–H groups in total. The topological polar surface area (TPSA) is 35.6 Å². The summed E-state index contributed by atoms with van der Waals surface area (Å²) in [5.74, 6) is 1.25. The van der Waals surface area contributed by atoms with Gasteiger partial charge in [-0.3, -0.25) is 0 Å². The fourth-order valence-electron chi connectivity index (χ4n) is 3.93. The molecule has 0 aromatic heterocycles. The molecule has 3 rings (SSSR count). The van der Waals surface area contributed by atoms with E-state index in [2.05, 4.69) is 30.4 Å². The van der Waals surface area contributed by atoms with Crippen LogP contribution in [0, 0.1) is 5.92 Å². The van der Waals surface area contributed by atoms with Crippen LogP contribution < -0.4 is 5.32 Å². The van der Waals surface area contributed by atoms with Crippen LogP contribution in [-0.4, -0.2) is 55.6 Å². The van der Waals surface area contributed by atoms with Crippen molar-refractivity contribution in [1.82, 2.24) is 15.1 Å². The molecule has 2 amide bonds. The van der Waals surface area contributed by atoms with Gasteiger partial charge in [0.25, 0.3) is 0 Å². The molecule has 0 unspecified atom stereocenters. The number of likely N-dealkylation sites (tertiary alicyclic amines) is 1. The average Bonchev–Trinajstić information content (AvgIpc) is 2.57. The highest BCUT2D eigenvalue weighted by atomic mass is 35.5. The molecule has 1 aliphatic carbocycles. The van der Waals surface area contributed by atoms with Crippen LogP contribution in [0.25, 0.3) is 0 Å². The van der Waals surface area contributed by atoms with E-state index in [1.54, 1.807) is 0 Å². The summed E-state index contributed by atoms with van der Waals surface area (Å²) < 4.78 is 0. The van der Waals surface area contributed by atoms with Crippen LogP contribution in [0.2, 0.25) is 5.02 Å². The third-order valence-corrected chi connectivity index (χ3v) is 6.04. The second-order valence-corrected chi connectivity index (χ2v) is 8.27. The normalized spacial score (nSPS) is 24.2. The number of hydrogen-bond acceptors (Lipinski definition) is 2. The smallest absolute Gasteiger partial charge is 0.317 e. The first-order chi connectivity index (χ1) is 12.0. The molecule has 138 valence electrons. The molecule has 4 nitrogen and oxygen atoms in total. The maximum absolute atomic E-state index is 12.5. The van der Waals surface area contributed by atoms with Crippen molar-refractivity contribution in [3.8, 4) is 0 Å². The van der Waals surface area contributed by atoms with Gasteiger partial charge in [0.2, 0.25) is 0 Å². The zero-order chi connectivity index (χ0) is 17.8. The maximum atomic E-state index is 12.5. The fourth-order valence-corrected chi connectivity index (χ4v) is 4.22. The lowest BCUT2D eigenvalue weighted by atomic mass is 9.76. The fraction of sp³-hybridized carbons (Fsp3) is 0.650. The number of amides is 2. The third kappa shape index (κ3) is 4.89. The van der Waals surface area contributed by atoms with Crippen molar-refractivity contribution in [3.05, 3.63) is 34.9 Å². The van der Waals surface area contributed by atoms with Crippen LogP contribution in [-0.2, 0) is 0 Å². The minimum atomic E-state index is 0.119. The summed E-state index contributed by atoms with van der Waals surface area (Å²) in [6, 6.07) is 8.46. The Labute approximate surface area is 156 Å². The number of carbonyl (C=O) groups excluding carboxylic acids is 1. The van der Waals surface area contributed by atoms with Crippen molar-refractivity contribution >= 4 is 17.6 Å². The molecule has 2 aliphatic rings. The molecule has 0 spiro atoms. The zero-order valence-corrected chi connectivity index (χ0v) is 16.1. The largest absolute Gasteiger partial charge is 0.335 e. The second kappa shape index (κ2) is 8.41. The number of hydrogen-bond donors (Lipinski definition) is 1. The Morgan fingerprint density at radius 1 is 1.24 bits per heavy atom. The summed E-state index contributed by atoms with van der Waals surface area (Å²) in [6.07, 6.45) is 5.50. The molecule has 0 bridgehead atoms. The molecule has 1 aromatic rings. The van der Waals surface area contributed by atoms with Gasteiger partial charge in [-0.05, 0) is 76.2 Å². The van der Waals surface area contributed by atoms with Crippen LogP contribution >= 0.6 is 11.6 Å². The lowest BCUT2D eigenvalue weighted by Crippen LogP contribution is -2.51. The number of benzene rings is 1. The predicted molar refractivity (Wildman–Crippen MR) is 103 cm³/mol. The molecule has 2 fully saturated rings. The van der Waals surface area contributed by atoms with Crippen LogP contribution in [0.3, 0.4) is 0 Å². The van der Waals surface area contributed by atoms with E-state index < -0.39 is 0 Å². The maximum Gasteiger partial charge on any atom is 0.317 e. The Morgan fingerprint density at radius 2 is 1.92 bits per heavy atom. The monoisotopic (exact) mass is 363 g/mol. The van der Waals surface area contributed by atoms with Crippen molar-refractivity contribution in [2.75, 3.05) is 33.7 Å². The highest BCUT2D eigenvalue weighted by Gasteiger charge is 2.34. The first kappa shape index (κ1) is 18.5. The zero-order valence-electron chi connectivity index (χ0n) is 15.4. The first-order valence-corrected chi connectivity index (χ1v) is 9.85. The van der Waals surface area contributed by atoms with Crippen LogP contribution in [0.5, 0.6) is 0 Å². The Balaban J connectivity index is 1.38. The second-order valence-electron chi connectivity index (χ2n) is 7.86. The van der Waals surface area contributed by atoms with Gasteiger partial charge in [-0.2, -0.15) is 0 Å². The lowest BCUT2D eigenvalue weighted by molar-refractivity contribution is 0.154. The van der Waals surface area contributed by atoms with Gasteiger partial charge in [0, 0.05) is 24.2 Å². The van der Waals surface area contributed by atoms with Gasteiger partial charge in [0.05, 0.1) is 0 Å². The van der Waals surface area contributed by atoms with Gasteiger partial charge < -0.3 is 15.1 Å². The van der Waals surface area contributed by atoms with E-state index >= 15 is 0 Å². The van der Waals surface area contributed by atoms with Crippen LogP contribution in [0.1, 0.15) is 43.6 Å². The number of rotatable bonds is 5. The molecule has 1 saturated heterocycles. The van der Waals surface area contributed by atoms with Crippen LogP contribution in [0.15, 0.2) is 24.3 Å². The summed E-state index contributed by atoms with van der Waals surface area (Å²) in [6.45, 7) is 2.93. The van der Waals surface area contributed by atoms with Gasteiger partial charge in [0.1, 0.15) is 0 Å². The molecule has 1 aromatic carbocycles. The molecule has 1 aliphatic heterocycles. The number of nitrogens with one attached hydrogen (secondary N) is 1. The predicted octanol–water partition coefficient (Wildman–Crippen LogP) is 3.96. The van der Waals surface area contributed by atoms with Gasteiger partial charge in [-0.15, -0.1) is 0 Å². The standard InChI is InChI=1S/C20H30ClN3O/c1-23(2)10-7-15-8-11-24(12-9-15)20(25)22-17-13-16(14-17)18-5-3-4-6-19(18)21/h3-6,15-17H,7-14H2,1-2H3,(H,22,25). The molecule has 25 heavy (non-hydrogen) atoms. The summed E-state index contributed by atoms with van der Waals surface area (Å²) >= 11 is 6.27. The molecule has 0 atom stereocenters. The number of halogens is 1. The average molecular weight is 364 g/mol. The molecule has 1 heterocycles. The molecular weight excluding hydrogens is 334 g/mol. The van der Waals surface area contributed by atoms with Gasteiger partial charge in [-0.25, -0.2) is 4.79 Å². The Hall–Kier alpha value is -1.26. The third-order valence-electron chi connectivity index (χ3n) is 5.70. The van der Waals surface area contributed by atoms with E-state index in [-0.39, 0.29) is 6.03 Å². The number of nitrogens with zero attached hydrogens (tertiary/aromatic N) is 2. The molecule has 1 saturated carbocycles. The van der Waals surface area contributed by atoms with Crippen LogP contribution in [0.4, 0.5) is 4.79 Å². The van der Waals surface area contributed by atoms with E-state index in [1.165, 1.54) is 12.0 Å². The first-order valence-electron chi connectivity index (χ1n) is 9.47. The SMILES string of the molecule is CN(C)CCC1CCN(C(=O)NC2CC(c3ccccc3Cl)C2)CC1. The summed E-state index contributed by atoms with van der Waals surface area (Å²) in [5.41, 5.74) is 1.22. The van der Waals surface area contributed by atoms with E-state index in [9.17, 15) is 4.79 Å². The highest BCUT2D eigenvalue weighted by Crippen LogP contribution is 2.40. The molecule has 5 heteroatoms. The summed E-state index contributed by atoms with van der Waals surface area (Å²) in [5, 5.41) is 4.05. The Morgan fingerprint density at radius 3 is 2.56 bits per heavy atom. The minimum absolute atomic E-state index is 0.119. The number of urea groups is 1. The molecular formula is C20H30ClN3O. The van der Waals surface area contributed by atoms with Crippen molar-refractivity contribution in [1.29, 1.82) is 0 Å². The quantitative estimate of drug-likeness (QED) is 0.859. The van der Waals surface area contributed by atoms with Crippen molar-refractivity contribution in [2.45, 2.75) is 44.1 Å². The van der Waals surface area contributed by atoms with Gasteiger partial charge in [-0.1, -0.05) is 29.8 Å². The summed E-state index contributed by atoms with van der Waals surface area (Å²) in [7, 11) is 4.24. The van der Waals surface area contributed by atoms with E-state index in [4.69, 9.17) is 11.6 Å². The summed E-state index contributed by atoms with van der Waals surface area (Å²) in [4.78, 5) is 16.7. The Kier molecular flexibility index (Phi) is 6.24. The number of carbonyl (C=O) groups is 1. The lowest BCUT2D eigenvalue weighted by Gasteiger charge is -2.39. The van der Waals surface area contributed by atoms with Crippen molar-refractivity contribution < 1.29 is 4.79 Å². The van der Waals surface area contributed by atoms with Crippen molar-refractivity contribution in [2.24, 2.45) is 5.92 Å². The van der Waals surface area contributed by atoms with E-state index in [0.717, 1.165) is 56.3 Å². The van der Waals surface area contributed by atoms with E-state index in [0.29, 0.717) is 12.0 Å². The van der Waals surface area contributed by atoms with Gasteiger partial charge in [0.15, 0.2) is 0 Å². The Bertz CT molecular complexity index is 578.